The molecule has 1 aromatic heterocycles. The average molecular weight is 360 g/mol. The van der Waals surface area contributed by atoms with Crippen LogP contribution in [0, 0.1) is 6.92 Å². The summed E-state index contributed by atoms with van der Waals surface area (Å²) >= 11 is 0. The van der Waals surface area contributed by atoms with Crippen LogP contribution in [0.2, 0.25) is 0 Å². The maximum absolute atomic E-state index is 12.6. The molecule has 0 saturated heterocycles. The second-order valence-electron chi connectivity index (χ2n) is 6.41. The van der Waals surface area contributed by atoms with Crippen LogP contribution in [0.5, 0.6) is 5.75 Å². The van der Waals surface area contributed by atoms with Gasteiger partial charge in [0.2, 0.25) is 0 Å². The first-order valence-corrected chi connectivity index (χ1v) is 9.22. The van der Waals surface area contributed by atoms with Gasteiger partial charge >= 0.3 is 0 Å². The Labute approximate surface area is 159 Å². The number of allylic oxidation sites excluding steroid dienone is 1. The van der Waals surface area contributed by atoms with Gasteiger partial charge in [-0.05, 0) is 49.7 Å². The molecule has 0 aliphatic carbocycles. The molecule has 3 rings (SSSR count). The lowest BCUT2D eigenvalue weighted by atomic mass is 10.1. The smallest absolute Gasteiger partial charge is 0.255 e. The van der Waals surface area contributed by atoms with Crippen LogP contribution < -0.4 is 10.1 Å². The van der Waals surface area contributed by atoms with E-state index in [4.69, 9.17) is 4.74 Å². The van der Waals surface area contributed by atoms with Crippen molar-refractivity contribution in [2.24, 2.45) is 0 Å². The Morgan fingerprint density at radius 3 is 2.85 bits per heavy atom. The van der Waals surface area contributed by atoms with Gasteiger partial charge in [0, 0.05) is 28.4 Å². The first kappa shape index (κ1) is 18.6. The van der Waals surface area contributed by atoms with Crippen molar-refractivity contribution in [2.45, 2.75) is 26.7 Å². The van der Waals surface area contributed by atoms with Crippen molar-refractivity contribution in [3.05, 3.63) is 78.0 Å². The number of anilines is 1. The van der Waals surface area contributed by atoms with Gasteiger partial charge in [-0.15, -0.1) is 0 Å². The number of rotatable bonds is 7. The van der Waals surface area contributed by atoms with E-state index in [2.05, 4.69) is 23.3 Å². The maximum Gasteiger partial charge on any atom is 0.255 e. The third kappa shape index (κ3) is 5.17. The zero-order valence-electron chi connectivity index (χ0n) is 15.7. The van der Waals surface area contributed by atoms with E-state index in [0.717, 1.165) is 35.2 Å². The number of benzene rings is 2. The molecule has 1 N–H and O–H groups in total. The lowest BCUT2D eigenvalue weighted by molar-refractivity contribution is 0.102. The maximum atomic E-state index is 12.6. The lowest BCUT2D eigenvalue weighted by Gasteiger charge is -2.09. The van der Waals surface area contributed by atoms with E-state index in [-0.39, 0.29) is 5.91 Å². The van der Waals surface area contributed by atoms with Crippen molar-refractivity contribution in [3.63, 3.8) is 0 Å². The van der Waals surface area contributed by atoms with Gasteiger partial charge in [0.15, 0.2) is 0 Å². The molecule has 2 aromatic carbocycles. The van der Waals surface area contributed by atoms with Crippen LogP contribution in [-0.2, 0) is 0 Å². The second-order valence-corrected chi connectivity index (χ2v) is 6.41. The van der Waals surface area contributed by atoms with E-state index in [0.29, 0.717) is 17.9 Å². The highest BCUT2D eigenvalue weighted by molar-refractivity contribution is 6.06. The standard InChI is InChI=1S/C23H24N2O2/c1-3-4-5-6-14-27-21-9-7-8-20(16-21)25-23(26)19-12-13-22-18(15-19)11-10-17(2)24-22/h5-13,15-16H,3-4,14H2,1-2H3,(H,25,26). The molecular weight excluding hydrogens is 336 g/mol. The molecule has 0 radical (unpaired) electrons. The Bertz CT molecular complexity index is 964. The highest BCUT2D eigenvalue weighted by Crippen LogP contribution is 2.20. The van der Waals surface area contributed by atoms with Crippen molar-refractivity contribution in [3.8, 4) is 5.75 Å². The number of hydrogen-bond donors (Lipinski definition) is 1. The molecule has 138 valence electrons. The summed E-state index contributed by atoms with van der Waals surface area (Å²) in [7, 11) is 0. The Morgan fingerprint density at radius 2 is 2.00 bits per heavy atom. The van der Waals surface area contributed by atoms with Crippen molar-refractivity contribution in [1.29, 1.82) is 0 Å². The molecule has 0 aliphatic rings. The number of ether oxygens (including phenoxy) is 1. The normalized spacial score (nSPS) is 11.0. The summed E-state index contributed by atoms with van der Waals surface area (Å²) < 4.78 is 5.70. The SMILES string of the molecule is CCCC=CCOc1cccc(NC(=O)c2ccc3nc(C)ccc3c2)c1. The Kier molecular flexibility index (Phi) is 6.21. The average Bonchev–Trinajstić information content (AvgIpc) is 2.67. The summed E-state index contributed by atoms with van der Waals surface area (Å²) in [6.07, 6.45) is 6.31. The van der Waals surface area contributed by atoms with Gasteiger partial charge in [0.1, 0.15) is 12.4 Å². The summed E-state index contributed by atoms with van der Waals surface area (Å²) in [6.45, 7) is 4.62. The van der Waals surface area contributed by atoms with Crippen molar-refractivity contribution < 1.29 is 9.53 Å². The Morgan fingerprint density at radius 1 is 1.11 bits per heavy atom. The van der Waals surface area contributed by atoms with Crippen LogP contribution in [0.3, 0.4) is 0 Å². The minimum atomic E-state index is -0.155. The van der Waals surface area contributed by atoms with Crippen LogP contribution >= 0.6 is 0 Å². The number of fused-ring (bicyclic) bond motifs is 1. The van der Waals surface area contributed by atoms with E-state index in [1.54, 1.807) is 6.07 Å². The highest BCUT2D eigenvalue weighted by Gasteiger charge is 2.08. The number of nitrogens with one attached hydrogen (secondary N) is 1. The van der Waals surface area contributed by atoms with Crippen molar-refractivity contribution in [2.75, 3.05) is 11.9 Å². The minimum Gasteiger partial charge on any atom is -0.489 e. The van der Waals surface area contributed by atoms with Crippen molar-refractivity contribution in [1.82, 2.24) is 4.98 Å². The number of pyridine rings is 1. The molecule has 27 heavy (non-hydrogen) atoms. The van der Waals surface area contributed by atoms with Gasteiger partial charge in [0.05, 0.1) is 5.52 Å². The molecule has 0 aliphatic heterocycles. The second kappa shape index (κ2) is 8.99. The highest BCUT2D eigenvalue weighted by atomic mass is 16.5. The molecule has 0 unspecified atom stereocenters. The van der Waals surface area contributed by atoms with Crippen LogP contribution in [0.25, 0.3) is 10.9 Å². The number of aryl methyl sites for hydroxylation is 1. The number of aromatic nitrogens is 1. The molecule has 0 fully saturated rings. The summed E-state index contributed by atoms with van der Waals surface area (Å²) in [5, 5.41) is 3.88. The zero-order valence-corrected chi connectivity index (χ0v) is 15.7. The first-order chi connectivity index (χ1) is 13.2. The summed E-state index contributed by atoms with van der Waals surface area (Å²) in [5.74, 6) is 0.574. The predicted molar refractivity (Wildman–Crippen MR) is 110 cm³/mol. The quantitative estimate of drug-likeness (QED) is 0.564. The first-order valence-electron chi connectivity index (χ1n) is 9.22. The summed E-state index contributed by atoms with van der Waals surface area (Å²) in [4.78, 5) is 17.0. The molecule has 1 amide bonds. The van der Waals surface area contributed by atoms with Gasteiger partial charge in [0.25, 0.3) is 5.91 Å². The molecule has 3 aromatic rings. The number of hydrogen-bond acceptors (Lipinski definition) is 3. The van der Waals surface area contributed by atoms with Crippen LogP contribution in [0.4, 0.5) is 5.69 Å². The number of unbranched alkanes of at least 4 members (excludes halogenated alkanes) is 1. The van der Waals surface area contributed by atoms with E-state index in [1.807, 2.05) is 61.5 Å². The lowest BCUT2D eigenvalue weighted by Crippen LogP contribution is -2.12. The van der Waals surface area contributed by atoms with E-state index >= 15 is 0 Å². The van der Waals surface area contributed by atoms with Gasteiger partial charge in [-0.1, -0.05) is 37.6 Å². The number of nitrogens with zero attached hydrogens (tertiary/aromatic N) is 1. The monoisotopic (exact) mass is 360 g/mol. The van der Waals surface area contributed by atoms with Crippen LogP contribution in [-0.4, -0.2) is 17.5 Å². The van der Waals surface area contributed by atoms with Crippen LogP contribution in [0.15, 0.2) is 66.7 Å². The topological polar surface area (TPSA) is 51.2 Å². The molecule has 4 heteroatoms. The third-order valence-electron chi connectivity index (χ3n) is 4.15. The Hall–Kier alpha value is -3.14. The van der Waals surface area contributed by atoms with Gasteiger partial charge < -0.3 is 10.1 Å². The largest absolute Gasteiger partial charge is 0.489 e. The Balaban J connectivity index is 1.67. The van der Waals surface area contributed by atoms with E-state index in [1.165, 1.54) is 0 Å². The van der Waals surface area contributed by atoms with Gasteiger partial charge in [-0.25, -0.2) is 0 Å². The van der Waals surface area contributed by atoms with Crippen LogP contribution in [0.1, 0.15) is 35.8 Å². The molecule has 1 heterocycles. The predicted octanol–water partition coefficient (Wildman–Crippen LogP) is 5.53. The van der Waals surface area contributed by atoms with E-state index in [9.17, 15) is 4.79 Å². The van der Waals surface area contributed by atoms with Gasteiger partial charge in [-0.2, -0.15) is 0 Å². The minimum absolute atomic E-state index is 0.155. The molecule has 4 nitrogen and oxygen atoms in total. The van der Waals surface area contributed by atoms with Gasteiger partial charge in [-0.3, -0.25) is 9.78 Å². The number of carbonyl (C=O) groups is 1. The number of carbonyl (C=O) groups excluding carboxylic acids is 1. The fraction of sp³-hybridized carbons (Fsp3) is 0.217. The summed E-state index contributed by atoms with van der Waals surface area (Å²) in [5.41, 5.74) is 3.15. The van der Waals surface area contributed by atoms with E-state index < -0.39 is 0 Å². The third-order valence-corrected chi connectivity index (χ3v) is 4.15. The molecule has 0 atom stereocenters. The molecule has 0 saturated carbocycles. The molecular formula is C23H24N2O2. The molecule has 0 bridgehead atoms. The number of amides is 1. The fourth-order valence-corrected chi connectivity index (χ4v) is 2.73. The summed E-state index contributed by atoms with van der Waals surface area (Å²) in [6, 6.07) is 16.9. The zero-order chi connectivity index (χ0) is 19.1. The fourth-order valence-electron chi connectivity index (χ4n) is 2.73. The molecule has 0 spiro atoms. The van der Waals surface area contributed by atoms with Crippen molar-refractivity contribution >= 4 is 22.5 Å².